The molecule has 33 heavy (non-hydrogen) atoms. The van der Waals surface area contributed by atoms with E-state index in [0.717, 1.165) is 42.5 Å². The van der Waals surface area contributed by atoms with Crippen molar-refractivity contribution in [2.24, 2.45) is 5.92 Å². The van der Waals surface area contributed by atoms with E-state index in [0.29, 0.717) is 32.6 Å². The van der Waals surface area contributed by atoms with Crippen LogP contribution in [0.1, 0.15) is 45.4 Å². The van der Waals surface area contributed by atoms with E-state index in [1.165, 1.54) is 5.57 Å². The number of rotatable bonds is 4. The van der Waals surface area contributed by atoms with Gasteiger partial charge in [-0.1, -0.05) is 18.6 Å². The molecule has 2 unspecified atom stereocenters. The number of carbonyl (C=O) groups is 1. The van der Waals surface area contributed by atoms with Crippen LogP contribution in [0, 0.1) is 5.92 Å². The van der Waals surface area contributed by atoms with Gasteiger partial charge in [0.25, 0.3) is 0 Å². The highest BCUT2D eigenvalue weighted by atomic mass is 19.4. The summed E-state index contributed by atoms with van der Waals surface area (Å²) in [5, 5.41) is 18.9. The number of piperazine rings is 1. The van der Waals surface area contributed by atoms with Crippen molar-refractivity contribution in [3.05, 3.63) is 45.8 Å². The number of aliphatic hydroxyl groups excluding tert-OH is 1. The quantitative estimate of drug-likeness (QED) is 0.512. The van der Waals surface area contributed by atoms with E-state index in [2.05, 4.69) is 16.0 Å². The normalized spacial score (nSPS) is 26.5. The van der Waals surface area contributed by atoms with Crippen LogP contribution in [-0.4, -0.2) is 61.0 Å². The number of nitrogens with zero attached hydrogens (tertiary/aromatic N) is 1. The molecular formula is C24H33F3N4O2. The van der Waals surface area contributed by atoms with E-state index < -0.39 is 17.7 Å². The number of halogens is 3. The fraction of sp³-hybridized carbons (Fsp3) is 0.625. The molecule has 182 valence electrons. The minimum absolute atomic E-state index is 0.193. The van der Waals surface area contributed by atoms with E-state index in [1.54, 1.807) is 17.9 Å². The van der Waals surface area contributed by atoms with Crippen molar-refractivity contribution in [1.82, 2.24) is 20.9 Å². The largest absolute Gasteiger partial charge is 0.414 e. The predicted octanol–water partition coefficient (Wildman–Crippen LogP) is 3.49. The maximum absolute atomic E-state index is 13.8. The van der Waals surface area contributed by atoms with Crippen LogP contribution in [0.4, 0.5) is 18.0 Å². The SMILES string of the molecule is CC1CC(CNC(=O)NC2=CCCC3=C2CC(O)CC3)=CC(N2CCNCC2)=C1C(F)(F)F. The molecule has 2 amide bonds. The molecule has 4 rings (SSSR count). The second-order valence-corrected chi connectivity index (χ2v) is 9.38. The first-order valence-corrected chi connectivity index (χ1v) is 11.8. The summed E-state index contributed by atoms with van der Waals surface area (Å²) in [5.41, 5.74) is 3.62. The number of nitrogens with one attached hydrogen (secondary N) is 3. The Hall–Kier alpha value is -2.26. The van der Waals surface area contributed by atoms with Crippen LogP contribution < -0.4 is 16.0 Å². The molecule has 0 bridgehead atoms. The number of amides is 2. The molecule has 4 aliphatic rings. The van der Waals surface area contributed by atoms with Gasteiger partial charge < -0.3 is 26.0 Å². The third-order valence-corrected chi connectivity index (χ3v) is 6.93. The smallest absolute Gasteiger partial charge is 0.393 e. The first kappa shape index (κ1) is 23.9. The molecule has 0 aromatic heterocycles. The highest BCUT2D eigenvalue weighted by molar-refractivity contribution is 5.77. The zero-order valence-corrected chi connectivity index (χ0v) is 19.0. The van der Waals surface area contributed by atoms with Crippen LogP contribution in [0.3, 0.4) is 0 Å². The van der Waals surface area contributed by atoms with E-state index in [4.69, 9.17) is 0 Å². The summed E-state index contributed by atoms with van der Waals surface area (Å²) in [4.78, 5) is 14.4. The van der Waals surface area contributed by atoms with Gasteiger partial charge in [-0.15, -0.1) is 0 Å². The van der Waals surface area contributed by atoms with Gasteiger partial charge in [-0.25, -0.2) is 4.79 Å². The van der Waals surface area contributed by atoms with Crippen molar-refractivity contribution in [2.75, 3.05) is 32.7 Å². The second-order valence-electron chi connectivity index (χ2n) is 9.38. The van der Waals surface area contributed by atoms with E-state index in [-0.39, 0.29) is 30.8 Å². The van der Waals surface area contributed by atoms with Gasteiger partial charge in [0.05, 0.1) is 11.7 Å². The van der Waals surface area contributed by atoms with Crippen molar-refractivity contribution < 1.29 is 23.1 Å². The van der Waals surface area contributed by atoms with Gasteiger partial charge in [-0.05, 0) is 55.2 Å². The first-order chi connectivity index (χ1) is 15.7. The summed E-state index contributed by atoms with van der Waals surface area (Å²) < 4.78 is 41.5. The molecule has 1 fully saturated rings. The highest BCUT2D eigenvalue weighted by Crippen LogP contribution is 2.41. The molecule has 0 spiro atoms. The summed E-state index contributed by atoms with van der Waals surface area (Å²) in [5.74, 6) is -0.669. The molecule has 1 aliphatic heterocycles. The lowest BCUT2D eigenvalue weighted by Crippen LogP contribution is -2.45. The fourth-order valence-corrected chi connectivity index (χ4v) is 5.34. The van der Waals surface area contributed by atoms with Crippen LogP contribution in [0.5, 0.6) is 0 Å². The molecule has 0 radical (unpaired) electrons. The monoisotopic (exact) mass is 466 g/mol. The number of urea groups is 1. The fourth-order valence-electron chi connectivity index (χ4n) is 5.34. The van der Waals surface area contributed by atoms with E-state index in [1.807, 2.05) is 6.08 Å². The van der Waals surface area contributed by atoms with Gasteiger partial charge in [0.1, 0.15) is 0 Å². The third-order valence-electron chi connectivity index (χ3n) is 6.93. The maximum Gasteiger partial charge on any atom is 0.414 e. The summed E-state index contributed by atoms with van der Waals surface area (Å²) >= 11 is 0. The number of hydrogen-bond acceptors (Lipinski definition) is 4. The average Bonchev–Trinajstić information content (AvgIpc) is 2.77. The molecular weight excluding hydrogens is 433 g/mol. The van der Waals surface area contributed by atoms with Crippen LogP contribution in [0.2, 0.25) is 0 Å². The summed E-state index contributed by atoms with van der Waals surface area (Å²) in [7, 11) is 0. The van der Waals surface area contributed by atoms with Gasteiger partial charge >= 0.3 is 12.2 Å². The molecule has 0 saturated carbocycles. The van der Waals surface area contributed by atoms with Gasteiger partial charge in [-0.3, -0.25) is 0 Å². The minimum atomic E-state index is -4.38. The lowest BCUT2D eigenvalue weighted by atomic mass is 9.82. The minimum Gasteiger partial charge on any atom is -0.393 e. The summed E-state index contributed by atoms with van der Waals surface area (Å²) in [6, 6.07) is -0.377. The lowest BCUT2D eigenvalue weighted by molar-refractivity contribution is -0.101. The molecule has 9 heteroatoms. The van der Waals surface area contributed by atoms with Crippen molar-refractivity contribution in [1.29, 1.82) is 0 Å². The van der Waals surface area contributed by atoms with Gasteiger partial charge in [0.2, 0.25) is 0 Å². The third kappa shape index (κ3) is 5.63. The number of alkyl halides is 3. The average molecular weight is 467 g/mol. The molecule has 1 heterocycles. The van der Waals surface area contributed by atoms with Gasteiger partial charge in [0.15, 0.2) is 0 Å². The Labute approximate surface area is 192 Å². The molecule has 0 aromatic carbocycles. The topological polar surface area (TPSA) is 76.6 Å². The highest BCUT2D eigenvalue weighted by Gasteiger charge is 2.42. The Bertz CT molecular complexity index is 898. The summed E-state index contributed by atoms with van der Waals surface area (Å²) in [6.07, 6.45) is 3.06. The molecule has 2 atom stereocenters. The predicted molar refractivity (Wildman–Crippen MR) is 120 cm³/mol. The Balaban J connectivity index is 1.44. The van der Waals surface area contributed by atoms with Crippen LogP contribution in [0.15, 0.2) is 45.8 Å². The Kier molecular flexibility index (Phi) is 7.19. The van der Waals surface area contributed by atoms with E-state index in [9.17, 15) is 23.1 Å². The number of hydrogen-bond donors (Lipinski definition) is 4. The number of carbonyl (C=O) groups excluding carboxylic acids is 1. The Morgan fingerprint density at radius 1 is 1.24 bits per heavy atom. The van der Waals surface area contributed by atoms with Crippen LogP contribution in [0.25, 0.3) is 0 Å². The van der Waals surface area contributed by atoms with Crippen molar-refractivity contribution in [2.45, 2.75) is 57.7 Å². The molecule has 3 aliphatic carbocycles. The zero-order chi connectivity index (χ0) is 23.6. The second kappa shape index (κ2) is 9.93. The van der Waals surface area contributed by atoms with Crippen molar-refractivity contribution >= 4 is 6.03 Å². The maximum atomic E-state index is 13.8. The Morgan fingerprint density at radius 3 is 2.73 bits per heavy atom. The molecule has 0 aromatic rings. The van der Waals surface area contributed by atoms with Crippen molar-refractivity contribution in [3.8, 4) is 0 Å². The van der Waals surface area contributed by atoms with Crippen molar-refractivity contribution in [3.63, 3.8) is 0 Å². The molecule has 1 saturated heterocycles. The van der Waals surface area contributed by atoms with Gasteiger partial charge in [0, 0.05) is 50.5 Å². The van der Waals surface area contributed by atoms with Crippen LogP contribution >= 0.6 is 0 Å². The number of allylic oxidation sites excluding steroid dienone is 5. The summed E-state index contributed by atoms with van der Waals surface area (Å²) in [6.45, 7) is 4.14. The lowest BCUT2D eigenvalue weighted by Gasteiger charge is -2.37. The first-order valence-electron chi connectivity index (χ1n) is 11.8. The Morgan fingerprint density at radius 2 is 2.00 bits per heavy atom. The molecule has 6 nitrogen and oxygen atoms in total. The standard InChI is InChI=1S/C24H33F3N4O2/c1-15-11-16(12-21(22(15)24(25,26)27)31-9-7-28-8-10-31)14-29-23(33)30-20-4-2-3-17-5-6-18(32)13-19(17)20/h4,12,15,18,28,32H,2-3,5-11,13-14H2,1H3,(H2,29,30,33). The van der Waals surface area contributed by atoms with Crippen LogP contribution in [-0.2, 0) is 0 Å². The molecule has 4 N–H and O–H groups in total. The zero-order valence-electron chi connectivity index (χ0n) is 19.0. The van der Waals surface area contributed by atoms with Gasteiger partial charge in [-0.2, -0.15) is 13.2 Å². The van der Waals surface area contributed by atoms with E-state index >= 15 is 0 Å². The number of aliphatic hydroxyl groups is 1.